The lowest BCUT2D eigenvalue weighted by atomic mass is 10.1. The third-order valence-corrected chi connectivity index (χ3v) is 7.71. The van der Waals surface area contributed by atoms with Crippen molar-refractivity contribution in [3.05, 3.63) is 59.7 Å². The van der Waals surface area contributed by atoms with Gasteiger partial charge in [0.25, 0.3) is 11.8 Å². The van der Waals surface area contributed by atoms with E-state index in [1.807, 2.05) is 34.1 Å². The van der Waals surface area contributed by atoms with Gasteiger partial charge < -0.3 is 20.4 Å². The molecule has 40 heavy (non-hydrogen) atoms. The Balaban J connectivity index is 1.24. The van der Waals surface area contributed by atoms with E-state index >= 15 is 0 Å². The summed E-state index contributed by atoms with van der Waals surface area (Å²) in [4.78, 5) is 55.3. The lowest BCUT2D eigenvalue weighted by Crippen LogP contribution is -2.32. The summed E-state index contributed by atoms with van der Waals surface area (Å²) in [6, 6.07) is 14.3. The molecule has 4 amide bonds. The molecule has 8 nitrogen and oxygen atoms in total. The molecule has 2 aliphatic rings. The summed E-state index contributed by atoms with van der Waals surface area (Å²) in [5, 5.41) is 5.80. The van der Waals surface area contributed by atoms with Crippen LogP contribution in [0.5, 0.6) is 0 Å². The minimum atomic E-state index is -0.176. The van der Waals surface area contributed by atoms with Gasteiger partial charge in [-0.2, -0.15) is 0 Å². The second-order valence-electron chi connectivity index (χ2n) is 10.8. The Hall–Kier alpha value is -3.68. The van der Waals surface area contributed by atoms with Crippen molar-refractivity contribution in [1.82, 2.24) is 9.80 Å². The van der Waals surface area contributed by atoms with Gasteiger partial charge in [-0.3, -0.25) is 19.2 Å². The van der Waals surface area contributed by atoms with Crippen molar-refractivity contribution in [3.63, 3.8) is 0 Å². The fourth-order valence-electron chi connectivity index (χ4n) is 5.44. The highest BCUT2D eigenvalue weighted by Gasteiger charge is 2.22. The van der Waals surface area contributed by atoms with E-state index in [0.717, 1.165) is 77.5 Å². The van der Waals surface area contributed by atoms with Gasteiger partial charge in [0.05, 0.1) is 22.5 Å². The van der Waals surface area contributed by atoms with E-state index in [1.54, 1.807) is 24.3 Å². The lowest BCUT2D eigenvalue weighted by Gasteiger charge is -2.22. The molecule has 0 atom stereocenters. The molecule has 2 aliphatic heterocycles. The molecule has 2 N–H and O–H groups in total. The quantitative estimate of drug-likeness (QED) is 0.385. The van der Waals surface area contributed by atoms with Gasteiger partial charge in [0.2, 0.25) is 11.8 Å². The van der Waals surface area contributed by atoms with Gasteiger partial charge >= 0.3 is 0 Å². The number of unbranched alkanes of at least 4 members (excludes halogenated alkanes) is 1. The smallest absolute Gasteiger partial charge is 0.255 e. The molecule has 2 aromatic carbocycles. The molecule has 2 fully saturated rings. The fourth-order valence-corrected chi connectivity index (χ4v) is 5.44. The molecule has 2 saturated heterocycles. The number of amides is 4. The molecule has 0 aromatic heterocycles. The van der Waals surface area contributed by atoms with E-state index in [4.69, 9.17) is 0 Å². The Kier molecular flexibility index (Phi) is 11.1. The number of para-hydroxylation sites is 2. The molecule has 0 aliphatic carbocycles. The number of hydrogen-bond acceptors (Lipinski definition) is 4. The van der Waals surface area contributed by atoms with Crippen molar-refractivity contribution in [2.24, 2.45) is 0 Å². The highest BCUT2D eigenvalue weighted by molar-refractivity contribution is 6.04. The van der Waals surface area contributed by atoms with E-state index in [9.17, 15) is 19.2 Å². The average Bonchev–Trinajstić information content (AvgIpc) is 3.41. The number of rotatable bonds is 9. The number of carbonyl (C=O) groups is 4. The van der Waals surface area contributed by atoms with Crippen LogP contribution >= 0.6 is 0 Å². The summed E-state index contributed by atoms with van der Waals surface area (Å²) in [5.74, 6) is -0.428. The zero-order valence-corrected chi connectivity index (χ0v) is 23.5. The number of likely N-dealkylation sites (tertiary alicyclic amines) is 2. The maximum absolute atomic E-state index is 13.1. The molecular weight excluding hydrogens is 504 g/mol. The maximum Gasteiger partial charge on any atom is 0.255 e. The summed E-state index contributed by atoms with van der Waals surface area (Å²) in [7, 11) is 0. The third-order valence-electron chi connectivity index (χ3n) is 7.71. The molecule has 214 valence electrons. The van der Waals surface area contributed by atoms with Crippen LogP contribution in [-0.2, 0) is 9.59 Å². The van der Waals surface area contributed by atoms with Crippen molar-refractivity contribution in [2.75, 3.05) is 36.8 Å². The number of benzene rings is 2. The standard InChI is InChI=1S/C32H42N4O4/c37-29(33-27-17-7-5-15-25(27)31(39)35-21-11-1-2-12-22-35)19-9-10-20-30(38)34-28-18-8-6-16-26(28)32(40)36-23-13-3-4-14-24-36/h5-8,15-18H,1-4,9-14,19-24H2,(H,33,37)(H,34,38). The van der Waals surface area contributed by atoms with Crippen molar-refractivity contribution in [3.8, 4) is 0 Å². The van der Waals surface area contributed by atoms with Crippen LogP contribution in [0.2, 0.25) is 0 Å². The molecule has 0 spiro atoms. The first-order valence-electron chi connectivity index (χ1n) is 14.9. The van der Waals surface area contributed by atoms with Gasteiger partial charge in [-0.15, -0.1) is 0 Å². The van der Waals surface area contributed by atoms with Crippen molar-refractivity contribution in [1.29, 1.82) is 0 Å². The zero-order chi connectivity index (χ0) is 28.2. The zero-order valence-electron chi connectivity index (χ0n) is 23.5. The predicted octanol–water partition coefficient (Wildman–Crippen LogP) is 5.86. The summed E-state index contributed by atoms with van der Waals surface area (Å²) in [5.41, 5.74) is 2.10. The molecule has 0 radical (unpaired) electrons. The first-order valence-corrected chi connectivity index (χ1v) is 14.9. The van der Waals surface area contributed by atoms with Crippen molar-refractivity contribution < 1.29 is 19.2 Å². The van der Waals surface area contributed by atoms with Gasteiger partial charge in [0.15, 0.2) is 0 Å². The maximum atomic E-state index is 13.1. The van der Waals surface area contributed by atoms with Crippen LogP contribution in [0.3, 0.4) is 0 Å². The van der Waals surface area contributed by atoms with E-state index in [0.29, 0.717) is 35.3 Å². The highest BCUT2D eigenvalue weighted by atomic mass is 16.2. The number of hydrogen-bond donors (Lipinski definition) is 2. The van der Waals surface area contributed by atoms with Crippen LogP contribution in [0, 0.1) is 0 Å². The van der Waals surface area contributed by atoms with Crippen LogP contribution in [0.1, 0.15) is 97.8 Å². The number of carbonyl (C=O) groups excluding carboxylic acids is 4. The van der Waals surface area contributed by atoms with Crippen LogP contribution in [0.15, 0.2) is 48.5 Å². The molecule has 0 unspecified atom stereocenters. The van der Waals surface area contributed by atoms with E-state index in [-0.39, 0.29) is 36.5 Å². The van der Waals surface area contributed by atoms with E-state index in [2.05, 4.69) is 10.6 Å². The number of nitrogens with zero attached hydrogens (tertiary/aromatic N) is 2. The Bertz CT molecular complexity index is 1070. The largest absolute Gasteiger partial charge is 0.339 e. The van der Waals surface area contributed by atoms with Crippen molar-refractivity contribution >= 4 is 35.0 Å². The van der Waals surface area contributed by atoms with Gasteiger partial charge in [-0.1, -0.05) is 49.9 Å². The predicted molar refractivity (Wildman–Crippen MR) is 157 cm³/mol. The van der Waals surface area contributed by atoms with E-state index < -0.39 is 0 Å². The SMILES string of the molecule is O=C(CCCCC(=O)Nc1ccccc1C(=O)N1CCCCCC1)Nc1ccccc1C(=O)N1CCCCCC1. The Morgan fingerprint density at radius 3 is 1.25 bits per heavy atom. The normalized spacial score (nSPS) is 16.0. The molecular formula is C32H42N4O4. The second kappa shape index (κ2) is 15.2. The molecule has 4 rings (SSSR count). The molecule has 2 aromatic rings. The summed E-state index contributed by atoms with van der Waals surface area (Å²) >= 11 is 0. The number of nitrogens with one attached hydrogen (secondary N) is 2. The Morgan fingerprint density at radius 2 is 0.875 bits per heavy atom. The number of anilines is 2. The third kappa shape index (κ3) is 8.41. The minimum Gasteiger partial charge on any atom is -0.339 e. The monoisotopic (exact) mass is 546 g/mol. The van der Waals surface area contributed by atoms with Gasteiger partial charge in [-0.05, 0) is 62.8 Å². The average molecular weight is 547 g/mol. The lowest BCUT2D eigenvalue weighted by molar-refractivity contribution is -0.118. The first kappa shape index (κ1) is 29.3. The highest BCUT2D eigenvalue weighted by Crippen LogP contribution is 2.22. The van der Waals surface area contributed by atoms with Crippen LogP contribution in [-0.4, -0.2) is 59.6 Å². The van der Waals surface area contributed by atoms with Gasteiger partial charge in [0.1, 0.15) is 0 Å². The molecule has 0 saturated carbocycles. The topological polar surface area (TPSA) is 98.8 Å². The van der Waals surface area contributed by atoms with Gasteiger partial charge in [-0.25, -0.2) is 0 Å². The fraction of sp³-hybridized carbons (Fsp3) is 0.500. The van der Waals surface area contributed by atoms with Crippen LogP contribution in [0.4, 0.5) is 11.4 Å². The van der Waals surface area contributed by atoms with Crippen molar-refractivity contribution in [2.45, 2.75) is 77.0 Å². The summed E-state index contributed by atoms with van der Waals surface area (Å²) < 4.78 is 0. The van der Waals surface area contributed by atoms with Crippen LogP contribution in [0.25, 0.3) is 0 Å². The van der Waals surface area contributed by atoms with E-state index in [1.165, 1.54) is 0 Å². The molecule has 8 heteroatoms. The second-order valence-corrected chi connectivity index (χ2v) is 10.8. The summed E-state index contributed by atoms with van der Waals surface area (Å²) in [6.07, 6.45) is 10.2. The Labute approximate surface area is 237 Å². The molecule has 2 heterocycles. The summed E-state index contributed by atoms with van der Waals surface area (Å²) in [6.45, 7) is 3.00. The molecule has 0 bridgehead atoms. The Morgan fingerprint density at radius 1 is 0.525 bits per heavy atom. The van der Waals surface area contributed by atoms with Crippen LogP contribution < -0.4 is 10.6 Å². The van der Waals surface area contributed by atoms with Gasteiger partial charge in [0, 0.05) is 39.0 Å². The minimum absolute atomic E-state index is 0.0379. The first-order chi connectivity index (χ1) is 19.5.